The molecule has 2 aromatic heterocycles. The van der Waals surface area contributed by atoms with Crippen LogP contribution in [0.2, 0.25) is 0 Å². The first-order chi connectivity index (χ1) is 46.8. The Kier molecular flexibility index (Phi) is 17.5. The molecule has 11 heteroatoms. The van der Waals surface area contributed by atoms with Crippen LogP contribution in [-0.4, -0.2) is 24.2 Å². The molecule has 0 spiro atoms. The van der Waals surface area contributed by atoms with Crippen LogP contribution >= 0.6 is 35.7 Å². The van der Waals surface area contributed by atoms with Gasteiger partial charge in [0, 0.05) is 69.2 Å². The fraction of sp³-hybridized carbons (Fsp3) is 0.141. The number of fused-ring (bicyclic) bond motifs is 6. The highest BCUT2D eigenvalue weighted by Crippen LogP contribution is 2.46. The molecule has 0 aliphatic carbocycles. The molecule has 0 N–H and O–H groups in total. The van der Waals surface area contributed by atoms with Gasteiger partial charge in [-0.1, -0.05) is 194 Å². The molecule has 3 atom stereocenters. The number of nitriles is 2. The van der Waals surface area contributed by atoms with E-state index in [1.807, 2.05) is 91.9 Å². The minimum atomic E-state index is -0.660. The lowest BCUT2D eigenvalue weighted by atomic mass is 9.75. The molecule has 0 fully saturated rings. The van der Waals surface area contributed by atoms with Gasteiger partial charge in [0.05, 0.1) is 56.2 Å². The number of hydrogen-bond acceptors (Lipinski definition) is 9. The number of aromatic nitrogens is 2. The number of hydrogen-bond donors (Lipinski definition) is 0. The van der Waals surface area contributed by atoms with Crippen molar-refractivity contribution in [3.8, 4) is 34.4 Å². The van der Waals surface area contributed by atoms with E-state index in [-0.39, 0.29) is 22.7 Å². The summed E-state index contributed by atoms with van der Waals surface area (Å²) < 4.78 is 4.73. The Hall–Kier alpha value is -10.5. The molecule has 0 aliphatic heterocycles. The molecular formula is C85H68N6O2S3. The van der Waals surface area contributed by atoms with Crippen molar-refractivity contribution in [2.24, 2.45) is 19.5 Å². The average molecular weight is 1300 g/mol. The van der Waals surface area contributed by atoms with E-state index in [4.69, 9.17) is 12.2 Å². The molecule has 0 saturated carbocycles. The fourth-order valence-electron chi connectivity index (χ4n) is 14.1. The molecule has 0 amide bonds. The average Bonchev–Trinajstić information content (AvgIpc) is 0.750. The van der Waals surface area contributed by atoms with Gasteiger partial charge in [0.15, 0.2) is 10.9 Å². The van der Waals surface area contributed by atoms with Gasteiger partial charge in [-0.05, 0) is 192 Å². The zero-order valence-electron chi connectivity index (χ0n) is 54.0. The van der Waals surface area contributed by atoms with Crippen LogP contribution in [0.4, 0.5) is 34.1 Å². The molecule has 14 rings (SSSR count). The van der Waals surface area contributed by atoms with E-state index in [2.05, 4.69) is 240 Å². The van der Waals surface area contributed by atoms with Crippen molar-refractivity contribution in [1.82, 2.24) is 9.13 Å². The van der Waals surface area contributed by atoms with E-state index in [9.17, 15) is 20.1 Å². The van der Waals surface area contributed by atoms with E-state index in [0.717, 1.165) is 92.8 Å². The molecule has 0 saturated heterocycles. The quantitative estimate of drug-likeness (QED) is 0.0652. The lowest BCUT2D eigenvalue weighted by Crippen LogP contribution is -2.18. The predicted molar refractivity (Wildman–Crippen MR) is 410 cm³/mol. The smallest absolute Gasteiger partial charge is 0.197 e. The van der Waals surface area contributed by atoms with Crippen molar-refractivity contribution < 1.29 is 0 Å². The maximum absolute atomic E-state index is 14.7. The second-order valence-electron chi connectivity index (χ2n) is 25.5. The van der Waals surface area contributed by atoms with E-state index < -0.39 is 10.7 Å². The molecule has 0 radical (unpaired) electrons. The third-order valence-corrected chi connectivity index (χ3v) is 21.8. The Morgan fingerprint density at radius 2 is 0.865 bits per heavy atom. The van der Waals surface area contributed by atoms with Crippen LogP contribution in [0.1, 0.15) is 56.1 Å². The van der Waals surface area contributed by atoms with Gasteiger partial charge in [0.25, 0.3) is 0 Å². The number of thioether (sulfide) groups is 2. The van der Waals surface area contributed by atoms with Gasteiger partial charge in [-0.25, -0.2) is 0 Å². The monoisotopic (exact) mass is 1300 g/mol. The topological polar surface area (TPSA) is 98.1 Å². The number of aryl methyl sites for hydroxylation is 2. The van der Waals surface area contributed by atoms with Crippen molar-refractivity contribution in [3.63, 3.8) is 0 Å². The van der Waals surface area contributed by atoms with Crippen LogP contribution in [0.3, 0.4) is 0 Å². The minimum Gasteiger partial charge on any atom is -0.343 e. The predicted octanol–water partition coefficient (Wildman–Crippen LogP) is 22.1. The van der Waals surface area contributed by atoms with Crippen LogP contribution in [0.25, 0.3) is 87.4 Å². The third kappa shape index (κ3) is 12.2. The Labute approximate surface area is 572 Å². The number of benzene rings is 12. The van der Waals surface area contributed by atoms with Gasteiger partial charge in [-0.15, -0.1) is 11.8 Å². The number of para-hydroxylation sites is 2. The maximum Gasteiger partial charge on any atom is 0.197 e. The lowest BCUT2D eigenvalue weighted by molar-refractivity contribution is 0.367. The normalized spacial score (nSPS) is 12.6. The van der Waals surface area contributed by atoms with Crippen LogP contribution < -0.4 is 20.7 Å². The van der Waals surface area contributed by atoms with Crippen molar-refractivity contribution in [2.45, 2.75) is 50.2 Å². The summed E-state index contributed by atoms with van der Waals surface area (Å²) in [6, 6.07) is 98.2. The van der Waals surface area contributed by atoms with Gasteiger partial charge in [-0.2, -0.15) is 10.5 Å². The molecular weight excluding hydrogens is 1230 g/mol. The van der Waals surface area contributed by atoms with E-state index in [0.29, 0.717) is 51.8 Å². The highest BCUT2D eigenvalue weighted by atomic mass is 32.2. The van der Waals surface area contributed by atoms with Gasteiger partial charge < -0.3 is 18.9 Å². The maximum atomic E-state index is 14.7. The number of pyridine rings is 2. The zero-order chi connectivity index (χ0) is 66.2. The molecule has 468 valence electrons. The molecule has 0 aliphatic rings. The van der Waals surface area contributed by atoms with Crippen molar-refractivity contribution in [1.29, 1.82) is 10.5 Å². The van der Waals surface area contributed by atoms with Crippen molar-refractivity contribution >= 4 is 139 Å². The lowest BCUT2D eigenvalue weighted by Gasteiger charge is -2.30. The highest BCUT2D eigenvalue weighted by molar-refractivity contribution is 8.47. The summed E-state index contributed by atoms with van der Waals surface area (Å²) >= 11 is 8.68. The number of rotatable bonds is 17. The van der Waals surface area contributed by atoms with E-state index in [1.54, 1.807) is 0 Å². The highest BCUT2D eigenvalue weighted by Gasteiger charge is 2.30. The van der Waals surface area contributed by atoms with Gasteiger partial charge in [0.2, 0.25) is 0 Å². The van der Waals surface area contributed by atoms with Gasteiger partial charge in [0.1, 0.15) is 3.53 Å². The van der Waals surface area contributed by atoms with Crippen LogP contribution in [0.5, 0.6) is 0 Å². The minimum absolute atomic E-state index is 0.0563. The standard InChI is InChI=1S/C85H68N6O2S3/c1-85(2,54-87)52-64(59-31-29-57(30-32-59)62-39-46-77-73(49-62)83(93)75-51-80-74(50-81(75)89(77)4)82(92)72-25-13-14-26-76(72)88(80)3)47-63(48-69(53-86)96-84(94)95-5)58-37-44-68(45-38-58)91(79-28-16-20-61-18-10-12-24-71(61)79)67-42-35-56(36-43-67)55-33-40-66(41-34-55)90(65-21-7-6-8-22-65)78-27-15-19-60-17-9-11-23-70(60)78/h6-46,49-51,63-64,69H,47-48,52H2,1-5H3. The first-order valence-electron chi connectivity index (χ1n) is 32.3. The Morgan fingerprint density at radius 3 is 1.41 bits per heavy atom. The molecule has 8 nitrogen and oxygen atoms in total. The number of nitrogens with zero attached hydrogens (tertiary/aromatic N) is 6. The molecule has 14 aromatic rings. The summed E-state index contributed by atoms with van der Waals surface area (Å²) in [5.41, 5.74) is 14.7. The van der Waals surface area contributed by atoms with E-state index in [1.165, 1.54) is 34.3 Å². The zero-order valence-corrected chi connectivity index (χ0v) is 56.4. The van der Waals surface area contributed by atoms with Gasteiger partial charge >= 0.3 is 0 Å². The summed E-state index contributed by atoms with van der Waals surface area (Å²) in [6.07, 6.45) is 3.77. The summed E-state index contributed by atoms with van der Waals surface area (Å²) in [6.45, 7) is 4.01. The summed E-state index contributed by atoms with van der Waals surface area (Å²) in [5.74, 6) is -0.157. The van der Waals surface area contributed by atoms with Crippen LogP contribution in [-0.2, 0) is 14.1 Å². The summed E-state index contributed by atoms with van der Waals surface area (Å²) in [4.78, 5) is 33.2. The first kappa shape index (κ1) is 62.9. The van der Waals surface area contributed by atoms with Crippen molar-refractivity contribution in [3.05, 3.63) is 298 Å². The number of anilines is 6. The largest absolute Gasteiger partial charge is 0.343 e. The fourth-order valence-corrected chi connectivity index (χ4v) is 15.8. The first-order valence-corrected chi connectivity index (χ1v) is 34.8. The molecule has 2 heterocycles. The molecule has 96 heavy (non-hydrogen) atoms. The SMILES string of the molecule is CSC(=S)SC(C#N)CC(CC(CC(C)(C)C#N)c1ccc(-c2ccc3c(c2)c(=O)c2cc4c(cc2n3C)c(=O)c2ccccc2n4C)cc1)c1ccc(N(c2ccc(-c3ccc(N(c4ccccc4)c4cccc5ccccc45)cc3)cc2)c2cccc3ccccc23)cc1. The van der Waals surface area contributed by atoms with E-state index >= 15 is 0 Å². The summed E-state index contributed by atoms with van der Waals surface area (Å²) in [7, 11) is 3.89. The molecule has 3 unspecified atom stereocenters. The Morgan fingerprint density at radius 1 is 0.448 bits per heavy atom. The second kappa shape index (κ2) is 26.7. The van der Waals surface area contributed by atoms with Gasteiger partial charge in [-0.3, -0.25) is 9.59 Å². The van der Waals surface area contributed by atoms with Crippen LogP contribution in [0.15, 0.2) is 277 Å². The Balaban J connectivity index is 0.789. The second-order valence-corrected chi connectivity index (χ2v) is 28.7. The van der Waals surface area contributed by atoms with Crippen molar-refractivity contribution in [2.75, 3.05) is 16.1 Å². The van der Waals surface area contributed by atoms with Crippen LogP contribution in [0, 0.1) is 28.1 Å². The number of thiocarbonyl (C=S) groups is 1. The summed E-state index contributed by atoms with van der Waals surface area (Å²) in [5, 5.41) is 28.0. The molecule has 12 aromatic carbocycles. The molecule has 0 bridgehead atoms. The Bertz CT molecular complexity index is 5510. The third-order valence-electron chi connectivity index (χ3n) is 19.1.